The summed E-state index contributed by atoms with van der Waals surface area (Å²) in [4.78, 5) is 51.6. The molecule has 0 fully saturated rings. The molecule has 0 atom stereocenters. The van der Waals surface area contributed by atoms with Crippen LogP contribution in [0.5, 0.6) is 0 Å². The number of hydrogen-bond donors (Lipinski definition) is 2. The van der Waals surface area contributed by atoms with E-state index in [0.717, 1.165) is 4.57 Å². The lowest BCUT2D eigenvalue weighted by Gasteiger charge is -2.06. The monoisotopic (exact) mass is 384 g/mol. The molecule has 0 aliphatic carbocycles. The molecule has 3 rings (SSSR count). The summed E-state index contributed by atoms with van der Waals surface area (Å²) in [6, 6.07) is 6.19. The van der Waals surface area contributed by atoms with Crippen LogP contribution in [0, 0.1) is 0 Å². The van der Waals surface area contributed by atoms with Crippen molar-refractivity contribution in [3.05, 3.63) is 62.6 Å². The highest BCUT2D eigenvalue weighted by Crippen LogP contribution is 2.06. The molecule has 0 unspecified atom stereocenters. The number of carboxylic acids is 1. The Labute approximate surface area is 157 Å². The molecule has 0 bridgehead atoms. The van der Waals surface area contributed by atoms with Crippen LogP contribution in [0.3, 0.4) is 0 Å². The first-order chi connectivity index (χ1) is 13.3. The average Bonchev–Trinajstić information content (AvgIpc) is 3.08. The zero-order chi connectivity index (χ0) is 20.4. The number of fused-ring (bicyclic) bond motifs is 1. The minimum absolute atomic E-state index is 0.0468. The van der Waals surface area contributed by atoms with Crippen molar-refractivity contribution in [2.24, 2.45) is 19.2 Å². The molecule has 11 nitrogen and oxygen atoms in total. The average molecular weight is 384 g/mol. The number of amides is 1. The SMILES string of the molecule is Cn1c(=O)c2c(ncn2CC(=O)NN=Cc2ccccc2C(=O)O)n(C)c1=O. The van der Waals surface area contributed by atoms with Gasteiger partial charge in [-0.1, -0.05) is 18.2 Å². The van der Waals surface area contributed by atoms with Gasteiger partial charge in [-0.3, -0.25) is 18.7 Å². The molecule has 0 aliphatic rings. The molecule has 144 valence electrons. The van der Waals surface area contributed by atoms with Crippen LogP contribution in [-0.4, -0.2) is 41.9 Å². The summed E-state index contributed by atoms with van der Waals surface area (Å²) < 4.78 is 3.46. The molecular weight excluding hydrogens is 368 g/mol. The molecule has 2 heterocycles. The van der Waals surface area contributed by atoms with Gasteiger partial charge in [-0.05, 0) is 6.07 Å². The van der Waals surface area contributed by atoms with E-state index in [-0.39, 0.29) is 23.3 Å². The fourth-order valence-corrected chi connectivity index (χ4v) is 2.69. The Morgan fingerprint density at radius 1 is 1.21 bits per heavy atom. The Kier molecular flexibility index (Phi) is 4.90. The minimum Gasteiger partial charge on any atom is -0.478 e. The summed E-state index contributed by atoms with van der Waals surface area (Å²) in [5, 5.41) is 12.9. The Bertz CT molecular complexity index is 1230. The van der Waals surface area contributed by atoms with Gasteiger partial charge < -0.3 is 9.67 Å². The van der Waals surface area contributed by atoms with E-state index in [0.29, 0.717) is 5.56 Å². The van der Waals surface area contributed by atoms with E-state index in [1.807, 2.05) is 0 Å². The van der Waals surface area contributed by atoms with Gasteiger partial charge in [0.15, 0.2) is 11.2 Å². The van der Waals surface area contributed by atoms with Gasteiger partial charge in [0.1, 0.15) is 6.54 Å². The zero-order valence-corrected chi connectivity index (χ0v) is 15.0. The van der Waals surface area contributed by atoms with E-state index >= 15 is 0 Å². The second kappa shape index (κ2) is 7.31. The Balaban J connectivity index is 1.81. The number of aromatic carboxylic acids is 1. The molecular formula is C17H16N6O5. The van der Waals surface area contributed by atoms with E-state index in [4.69, 9.17) is 5.11 Å². The number of nitrogens with one attached hydrogen (secondary N) is 1. The van der Waals surface area contributed by atoms with Crippen molar-refractivity contribution in [1.29, 1.82) is 0 Å². The molecule has 1 amide bonds. The number of hydrazone groups is 1. The Hall–Kier alpha value is -4.02. The van der Waals surface area contributed by atoms with Gasteiger partial charge >= 0.3 is 11.7 Å². The number of hydrogen-bond acceptors (Lipinski definition) is 6. The Morgan fingerprint density at radius 3 is 2.64 bits per heavy atom. The number of imidazole rings is 1. The smallest absolute Gasteiger partial charge is 0.336 e. The van der Waals surface area contributed by atoms with Crippen LogP contribution in [0.25, 0.3) is 11.2 Å². The summed E-state index contributed by atoms with van der Waals surface area (Å²) >= 11 is 0. The van der Waals surface area contributed by atoms with E-state index in [1.54, 1.807) is 18.2 Å². The highest BCUT2D eigenvalue weighted by Gasteiger charge is 2.15. The van der Waals surface area contributed by atoms with Crippen molar-refractivity contribution in [2.45, 2.75) is 6.54 Å². The number of rotatable bonds is 5. The molecule has 0 spiro atoms. The predicted octanol–water partition coefficient (Wildman–Crippen LogP) is -0.718. The maximum absolute atomic E-state index is 12.3. The van der Waals surface area contributed by atoms with Crippen LogP contribution in [0.4, 0.5) is 0 Å². The third-order valence-corrected chi connectivity index (χ3v) is 4.12. The topological polar surface area (TPSA) is 141 Å². The molecule has 0 aliphatic heterocycles. The third kappa shape index (κ3) is 3.32. The third-order valence-electron chi connectivity index (χ3n) is 4.12. The lowest BCUT2D eigenvalue weighted by atomic mass is 10.1. The van der Waals surface area contributed by atoms with Crippen LogP contribution >= 0.6 is 0 Å². The maximum Gasteiger partial charge on any atom is 0.336 e. The largest absolute Gasteiger partial charge is 0.478 e. The Morgan fingerprint density at radius 2 is 1.93 bits per heavy atom. The van der Waals surface area contributed by atoms with Crippen LogP contribution in [0.2, 0.25) is 0 Å². The molecule has 2 N–H and O–H groups in total. The number of carbonyl (C=O) groups excluding carboxylic acids is 1. The van der Waals surface area contributed by atoms with E-state index in [9.17, 15) is 19.2 Å². The number of aromatic nitrogens is 4. The molecule has 3 aromatic rings. The highest BCUT2D eigenvalue weighted by atomic mass is 16.4. The quantitative estimate of drug-likeness (QED) is 0.439. The van der Waals surface area contributed by atoms with Crippen LogP contribution < -0.4 is 16.7 Å². The highest BCUT2D eigenvalue weighted by molar-refractivity contribution is 5.98. The first kappa shape index (κ1) is 18.8. The van der Waals surface area contributed by atoms with E-state index in [1.165, 1.54) is 41.8 Å². The van der Waals surface area contributed by atoms with Gasteiger partial charge in [0.2, 0.25) is 0 Å². The van der Waals surface area contributed by atoms with Gasteiger partial charge in [0, 0.05) is 19.7 Å². The van der Waals surface area contributed by atoms with Crippen molar-refractivity contribution in [1.82, 2.24) is 24.1 Å². The second-order valence-corrected chi connectivity index (χ2v) is 5.94. The summed E-state index contributed by atoms with van der Waals surface area (Å²) in [5.41, 5.74) is 1.84. The zero-order valence-electron chi connectivity index (χ0n) is 15.0. The van der Waals surface area contributed by atoms with Crippen molar-refractivity contribution in [3.8, 4) is 0 Å². The molecule has 11 heteroatoms. The number of benzene rings is 1. The summed E-state index contributed by atoms with van der Waals surface area (Å²) in [6.07, 6.45) is 2.50. The van der Waals surface area contributed by atoms with Gasteiger partial charge in [0.25, 0.3) is 11.5 Å². The predicted molar refractivity (Wildman–Crippen MR) is 99.4 cm³/mol. The van der Waals surface area contributed by atoms with Gasteiger partial charge in [0.05, 0.1) is 18.1 Å². The van der Waals surface area contributed by atoms with Crippen LogP contribution in [0.15, 0.2) is 45.3 Å². The lowest BCUT2D eigenvalue weighted by Crippen LogP contribution is -2.38. The number of carbonyl (C=O) groups is 2. The fraction of sp³-hybridized carbons (Fsp3) is 0.176. The summed E-state index contributed by atoms with van der Waals surface area (Å²) in [5.74, 6) is -1.67. The van der Waals surface area contributed by atoms with E-state index in [2.05, 4.69) is 15.5 Å². The van der Waals surface area contributed by atoms with Crippen molar-refractivity contribution in [2.75, 3.05) is 0 Å². The van der Waals surface area contributed by atoms with Crippen LogP contribution in [0.1, 0.15) is 15.9 Å². The van der Waals surface area contributed by atoms with Crippen molar-refractivity contribution in [3.63, 3.8) is 0 Å². The van der Waals surface area contributed by atoms with E-state index < -0.39 is 23.1 Å². The minimum atomic E-state index is -1.11. The molecule has 28 heavy (non-hydrogen) atoms. The van der Waals surface area contributed by atoms with Crippen LogP contribution in [-0.2, 0) is 25.4 Å². The summed E-state index contributed by atoms with van der Waals surface area (Å²) in [7, 11) is 2.82. The standard InChI is InChI=1S/C17H16N6O5/c1-21-14-13(15(25)22(2)17(21)28)23(9-18-14)8-12(24)20-19-7-10-5-3-4-6-11(10)16(26)27/h3-7,9H,8H2,1-2H3,(H,20,24)(H,26,27). The van der Waals surface area contributed by atoms with Gasteiger partial charge in [-0.15, -0.1) is 0 Å². The number of aryl methyl sites for hydroxylation is 1. The molecule has 0 radical (unpaired) electrons. The van der Waals surface area contributed by atoms with Gasteiger partial charge in [-0.25, -0.2) is 20.0 Å². The summed E-state index contributed by atoms with van der Waals surface area (Å²) in [6.45, 7) is -0.262. The first-order valence-corrected chi connectivity index (χ1v) is 8.06. The van der Waals surface area contributed by atoms with Gasteiger partial charge in [-0.2, -0.15) is 5.10 Å². The molecule has 0 saturated heterocycles. The van der Waals surface area contributed by atoms with Crippen molar-refractivity contribution < 1.29 is 14.7 Å². The number of carboxylic acid groups (broad SMARTS) is 1. The fourth-order valence-electron chi connectivity index (χ4n) is 2.69. The second-order valence-electron chi connectivity index (χ2n) is 5.94. The normalized spacial score (nSPS) is 11.2. The maximum atomic E-state index is 12.3. The van der Waals surface area contributed by atoms with Crippen molar-refractivity contribution >= 4 is 29.3 Å². The molecule has 0 saturated carbocycles. The number of nitrogens with zero attached hydrogens (tertiary/aromatic N) is 5. The lowest BCUT2D eigenvalue weighted by molar-refractivity contribution is -0.121. The first-order valence-electron chi connectivity index (χ1n) is 8.06. The molecule has 2 aromatic heterocycles. The molecule has 1 aromatic carbocycles.